The normalized spacial score (nSPS) is 25.3. The molecule has 1 saturated heterocycles. The van der Waals surface area contributed by atoms with E-state index >= 15 is 0 Å². The van der Waals surface area contributed by atoms with Crippen LogP contribution in [0.1, 0.15) is 27.7 Å². The summed E-state index contributed by atoms with van der Waals surface area (Å²) in [4.78, 5) is 47.1. The maximum Gasteiger partial charge on any atom is 0.303 e. The van der Waals surface area contributed by atoms with Crippen LogP contribution in [0, 0.1) is 5.82 Å². The molecule has 1 aromatic carbocycles. The lowest BCUT2D eigenvalue weighted by atomic mass is 9.99. The number of carbonyl (C=O) groups is 4. The highest BCUT2D eigenvalue weighted by Crippen LogP contribution is 2.37. The first-order valence-corrected chi connectivity index (χ1v) is 10.2. The van der Waals surface area contributed by atoms with Gasteiger partial charge in [0.2, 0.25) is 0 Å². The van der Waals surface area contributed by atoms with E-state index in [2.05, 4.69) is 0 Å². The number of thioether (sulfide) groups is 1. The zero-order valence-corrected chi connectivity index (χ0v) is 18.2. The molecule has 1 aliphatic heterocycles. The lowest BCUT2D eigenvalue weighted by Gasteiger charge is -2.44. The van der Waals surface area contributed by atoms with Gasteiger partial charge in [0, 0.05) is 32.6 Å². The van der Waals surface area contributed by atoms with Crippen molar-refractivity contribution in [1.29, 1.82) is 0 Å². The van der Waals surface area contributed by atoms with Crippen molar-refractivity contribution in [3.63, 3.8) is 0 Å². The Bertz CT molecular complexity index is 813. The first-order chi connectivity index (χ1) is 14.6. The predicted molar refractivity (Wildman–Crippen MR) is 104 cm³/mol. The van der Waals surface area contributed by atoms with Gasteiger partial charge in [-0.3, -0.25) is 19.2 Å². The maximum absolute atomic E-state index is 13.3. The van der Waals surface area contributed by atoms with Gasteiger partial charge in [-0.2, -0.15) is 0 Å². The van der Waals surface area contributed by atoms with Crippen molar-refractivity contribution in [3.8, 4) is 0 Å². The van der Waals surface area contributed by atoms with Crippen LogP contribution in [0.25, 0.3) is 0 Å². The van der Waals surface area contributed by atoms with E-state index in [0.29, 0.717) is 4.90 Å². The summed E-state index contributed by atoms with van der Waals surface area (Å²) >= 11 is 1.07. The number of esters is 4. The zero-order valence-electron chi connectivity index (χ0n) is 17.4. The maximum atomic E-state index is 13.3. The lowest BCUT2D eigenvalue weighted by Crippen LogP contribution is -2.61. The van der Waals surface area contributed by atoms with E-state index in [4.69, 9.17) is 23.7 Å². The third kappa shape index (κ3) is 7.51. The van der Waals surface area contributed by atoms with Gasteiger partial charge < -0.3 is 23.7 Å². The molecule has 0 unspecified atom stereocenters. The average molecular weight is 458 g/mol. The van der Waals surface area contributed by atoms with Crippen LogP contribution in [0.5, 0.6) is 0 Å². The minimum absolute atomic E-state index is 0.307. The van der Waals surface area contributed by atoms with Crippen LogP contribution in [-0.2, 0) is 42.9 Å². The fourth-order valence-corrected chi connectivity index (χ4v) is 4.04. The van der Waals surface area contributed by atoms with Gasteiger partial charge in [-0.15, -0.1) is 0 Å². The third-order valence-electron chi connectivity index (χ3n) is 4.01. The first kappa shape index (κ1) is 24.6. The highest BCUT2D eigenvalue weighted by molar-refractivity contribution is 7.99. The van der Waals surface area contributed by atoms with E-state index in [-0.39, 0.29) is 6.61 Å². The Labute approximate surface area is 182 Å². The second-order valence-electron chi connectivity index (χ2n) is 6.64. The van der Waals surface area contributed by atoms with Crippen LogP contribution in [0.3, 0.4) is 0 Å². The van der Waals surface area contributed by atoms with Crippen molar-refractivity contribution in [3.05, 3.63) is 30.1 Å². The minimum Gasteiger partial charge on any atom is -0.463 e. The van der Waals surface area contributed by atoms with Crippen LogP contribution >= 0.6 is 11.8 Å². The monoisotopic (exact) mass is 458 g/mol. The van der Waals surface area contributed by atoms with Gasteiger partial charge in [-0.05, 0) is 24.3 Å². The smallest absolute Gasteiger partial charge is 0.303 e. The third-order valence-corrected chi connectivity index (χ3v) is 5.17. The molecular formula is C20H23FO9S. The van der Waals surface area contributed by atoms with Crippen LogP contribution in [0.15, 0.2) is 29.2 Å². The fourth-order valence-electron chi connectivity index (χ4n) is 2.93. The van der Waals surface area contributed by atoms with Gasteiger partial charge in [0.15, 0.2) is 18.3 Å². The van der Waals surface area contributed by atoms with Crippen LogP contribution in [-0.4, -0.2) is 60.3 Å². The molecule has 0 amide bonds. The molecule has 170 valence electrons. The molecule has 0 aromatic heterocycles. The molecule has 0 saturated carbocycles. The molecule has 0 spiro atoms. The Morgan fingerprint density at radius 2 is 1.35 bits per heavy atom. The van der Waals surface area contributed by atoms with Crippen molar-refractivity contribution in [2.75, 3.05) is 6.61 Å². The largest absolute Gasteiger partial charge is 0.463 e. The summed E-state index contributed by atoms with van der Waals surface area (Å²) in [7, 11) is 0. The minimum atomic E-state index is -1.24. The van der Waals surface area contributed by atoms with Crippen molar-refractivity contribution >= 4 is 35.6 Å². The Kier molecular flexibility index (Phi) is 8.81. The Balaban J connectivity index is 2.43. The molecule has 5 atom stereocenters. The molecular weight excluding hydrogens is 435 g/mol. The summed E-state index contributed by atoms with van der Waals surface area (Å²) in [6.45, 7) is 4.34. The summed E-state index contributed by atoms with van der Waals surface area (Å²) in [5.41, 5.74) is -0.953. The van der Waals surface area contributed by atoms with Crippen molar-refractivity contribution in [2.24, 2.45) is 0 Å². The summed E-state index contributed by atoms with van der Waals surface area (Å²) in [6, 6.07) is 5.48. The number of ether oxygens (including phenoxy) is 5. The Morgan fingerprint density at radius 3 is 1.87 bits per heavy atom. The summed E-state index contributed by atoms with van der Waals surface area (Å²) in [6.07, 6.45) is -4.65. The number of carbonyl (C=O) groups excluding carboxylic acids is 4. The molecule has 1 aromatic rings. The number of rotatable bonds is 7. The number of hydrogen-bond donors (Lipinski definition) is 0. The number of halogens is 1. The van der Waals surface area contributed by atoms with Gasteiger partial charge in [0.25, 0.3) is 0 Å². The molecule has 0 aliphatic carbocycles. The zero-order chi connectivity index (χ0) is 23.1. The average Bonchev–Trinajstić information content (AvgIpc) is 2.65. The molecule has 2 rings (SSSR count). The van der Waals surface area contributed by atoms with E-state index < -0.39 is 59.5 Å². The highest BCUT2D eigenvalue weighted by Gasteiger charge is 2.52. The van der Waals surface area contributed by atoms with Gasteiger partial charge in [0.1, 0.15) is 24.0 Å². The summed E-state index contributed by atoms with van der Waals surface area (Å²) < 4.78 is 40.2. The predicted octanol–water partition coefficient (Wildman–Crippen LogP) is 2.00. The van der Waals surface area contributed by atoms with Crippen LogP contribution < -0.4 is 0 Å². The molecule has 0 radical (unpaired) electrons. The van der Waals surface area contributed by atoms with E-state index in [0.717, 1.165) is 32.5 Å². The Morgan fingerprint density at radius 1 is 0.839 bits per heavy atom. The standard InChI is InChI=1S/C20H23FO9S/c1-10(22)26-9-16-17(27-11(2)23)18(28-12(3)24)19(29-13(4)25)20(30-16)31-15-7-5-14(21)6-8-15/h5-8,16-20H,9H2,1-4H3/t16-,17+,18+,19-,20+/m1/s1. The van der Waals surface area contributed by atoms with Crippen LogP contribution in [0.2, 0.25) is 0 Å². The number of benzene rings is 1. The van der Waals surface area contributed by atoms with E-state index in [9.17, 15) is 23.6 Å². The molecule has 11 heteroatoms. The van der Waals surface area contributed by atoms with Gasteiger partial charge >= 0.3 is 23.9 Å². The molecule has 0 N–H and O–H groups in total. The number of hydrogen-bond acceptors (Lipinski definition) is 10. The molecule has 1 heterocycles. The fraction of sp³-hybridized carbons (Fsp3) is 0.500. The van der Waals surface area contributed by atoms with Gasteiger partial charge in [-0.1, -0.05) is 11.8 Å². The van der Waals surface area contributed by atoms with Crippen molar-refractivity contribution in [2.45, 2.75) is 62.4 Å². The van der Waals surface area contributed by atoms with Gasteiger partial charge in [-0.25, -0.2) is 4.39 Å². The van der Waals surface area contributed by atoms with Crippen molar-refractivity contribution in [1.82, 2.24) is 0 Å². The highest BCUT2D eigenvalue weighted by atomic mass is 32.2. The molecule has 9 nitrogen and oxygen atoms in total. The first-order valence-electron chi connectivity index (χ1n) is 9.29. The summed E-state index contributed by atoms with van der Waals surface area (Å²) in [5.74, 6) is -3.14. The quantitative estimate of drug-likeness (QED) is 0.444. The SMILES string of the molecule is CC(=O)OC[C@H]1O[C@@H](Sc2ccc(F)cc2)[C@H](OC(C)=O)[C@@H](OC(C)=O)[C@H]1OC(C)=O. The van der Waals surface area contributed by atoms with Crippen molar-refractivity contribution < 1.29 is 47.3 Å². The van der Waals surface area contributed by atoms with E-state index in [1.807, 2.05) is 0 Å². The van der Waals surface area contributed by atoms with E-state index in [1.165, 1.54) is 31.2 Å². The Hall–Kier alpha value is -2.66. The molecule has 1 aliphatic rings. The lowest BCUT2D eigenvalue weighted by molar-refractivity contribution is -0.237. The van der Waals surface area contributed by atoms with Gasteiger partial charge in [0.05, 0.1) is 0 Å². The molecule has 31 heavy (non-hydrogen) atoms. The van der Waals surface area contributed by atoms with Crippen LogP contribution in [0.4, 0.5) is 4.39 Å². The second-order valence-corrected chi connectivity index (χ2v) is 7.81. The topological polar surface area (TPSA) is 114 Å². The van der Waals surface area contributed by atoms with E-state index in [1.54, 1.807) is 0 Å². The molecule has 0 bridgehead atoms. The summed E-state index contributed by atoms with van der Waals surface area (Å²) in [5, 5.41) is 0. The second kappa shape index (κ2) is 11.1. The molecule has 1 fully saturated rings.